The first-order valence-corrected chi connectivity index (χ1v) is 14.0. The van der Waals surface area contributed by atoms with Gasteiger partial charge in [0.15, 0.2) is 0 Å². The van der Waals surface area contributed by atoms with E-state index in [0.29, 0.717) is 31.1 Å². The van der Waals surface area contributed by atoms with E-state index in [0.717, 1.165) is 72.7 Å². The molecule has 0 unspecified atom stereocenters. The molecule has 4 aromatic rings. The van der Waals surface area contributed by atoms with Crippen molar-refractivity contribution in [3.63, 3.8) is 0 Å². The first kappa shape index (κ1) is 26.9. The molecule has 212 valence electrons. The summed E-state index contributed by atoms with van der Waals surface area (Å²) in [5, 5.41) is 6.96. The molecule has 0 spiro atoms. The highest BCUT2D eigenvalue weighted by Crippen LogP contribution is 2.29. The van der Waals surface area contributed by atoms with Crippen molar-refractivity contribution < 1.29 is 14.3 Å². The molecule has 5 heterocycles. The Kier molecular flexibility index (Phi) is 7.88. The SMILES string of the molecule is CC(=O)N[C@@H]1CCCN(Cc2ccnc(C(=O)Nc3ccc(-c4cc5c(N6CCOCC6)ncnc5[nH]4)cc3)c2)C1. The predicted octanol–water partition coefficient (Wildman–Crippen LogP) is 3.21. The largest absolute Gasteiger partial charge is 0.378 e. The highest BCUT2D eigenvalue weighted by Gasteiger charge is 2.21. The lowest BCUT2D eigenvalue weighted by Gasteiger charge is -2.33. The molecule has 2 aliphatic rings. The summed E-state index contributed by atoms with van der Waals surface area (Å²) in [7, 11) is 0. The Balaban J connectivity index is 1.11. The van der Waals surface area contributed by atoms with Gasteiger partial charge in [-0.1, -0.05) is 12.1 Å². The van der Waals surface area contributed by atoms with Crippen molar-refractivity contribution in [3.05, 3.63) is 66.2 Å². The summed E-state index contributed by atoms with van der Waals surface area (Å²) in [6, 6.07) is 13.7. The van der Waals surface area contributed by atoms with E-state index in [2.05, 4.69) is 46.4 Å². The van der Waals surface area contributed by atoms with E-state index in [1.165, 1.54) is 0 Å². The van der Waals surface area contributed by atoms with Crippen molar-refractivity contribution in [2.75, 3.05) is 49.6 Å². The molecule has 11 heteroatoms. The number of anilines is 2. The van der Waals surface area contributed by atoms with Crippen LogP contribution < -0.4 is 15.5 Å². The Morgan fingerprint density at radius 1 is 1.05 bits per heavy atom. The van der Waals surface area contributed by atoms with Crippen molar-refractivity contribution in [2.24, 2.45) is 0 Å². The molecular weight excluding hydrogens is 520 g/mol. The Labute approximate surface area is 238 Å². The Morgan fingerprint density at radius 3 is 2.68 bits per heavy atom. The molecule has 1 aromatic carbocycles. The summed E-state index contributed by atoms with van der Waals surface area (Å²) in [6.45, 7) is 7.00. The van der Waals surface area contributed by atoms with Crippen LogP contribution in [0.15, 0.2) is 55.0 Å². The maximum Gasteiger partial charge on any atom is 0.274 e. The normalized spacial score (nSPS) is 17.9. The predicted molar refractivity (Wildman–Crippen MR) is 157 cm³/mol. The third-order valence-electron chi connectivity index (χ3n) is 7.55. The Morgan fingerprint density at radius 2 is 1.88 bits per heavy atom. The zero-order valence-corrected chi connectivity index (χ0v) is 23.1. The summed E-state index contributed by atoms with van der Waals surface area (Å²) in [5.74, 6) is 0.652. The van der Waals surface area contributed by atoms with Gasteiger partial charge in [-0.25, -0.2) is 9.97 Å². The van der Waals surface area contributed by atoms with Crippen molar-refractivity contribution in [1.29, 1.82) is 0 Å². The number of pyridine rings is 1. The average Bonchev–Trinajstić information content (AvgIpc) is 3.43. The maximum atomic E-state index is 13.0. The smallest absolute Gasteiger partial charge is 0.274 e. The van der Waals surface area contributed by atoms with Crippen molar-refractivity contribution >= 4 is 34.4 Å². The summed E-state index contributed by atoms with van der Waals surface area (Å²) in [6.07, 6.45) is 5.28. The van der Waals surface area contributed by atoms with Crippen LogP contribution in [0.3, 0.4) is 0 Å². The van der Waals surface area contributed by atoms with Crippen LogP contribution in [0.1, 0.15) is 35.8 Å². The zero-order valence-electron chi connectivity index (χ0n) is 23.1. The van der Waals surface area contributed by atoms with Crippen LogP contribution in [0.5, 0.6) is 0 Å². The van der Waals surface area contributed by atoms with Crippen LogP contribution in [0.25, 0.3) is 22.3 Å². The van der Waals surface area contributed by atoms with Crippen LogP contribution in [-0.2, 0) is 16.1 Å². The van der Waals surface area contributed by atoms with Crippen LogP contribution in [0, 0.1) is 0 Å². The number of nitrogens with zero attached hydrogens (tertiary/aromatic N) is 5. The number of benzene rings is 1. The monoisotopic (exact) mass is 554 g/mol. The van der Waals surface area contributed by atoms with Gasteiger partial charge in [-0.2, -0.15) is 0 Å². The number of H-pyrrole nitrogens is 1. The standard InChI is InChI=1S/C30H34N8O3/c1-20(39)34-24-3-2-10-37(18-24)17-21-8-9-31-27(15-21)30(40)35-23-6-4-22(5-7-23)26-16-25-28(36-26)32-19-33-29(25)38-11-13-41-14-12-38/h4-9,15-16,19,24H,2-3,10-14,17-18H2,1H3,(H,34,39)(H,35,40)(H,32,33,36)/t24-/m1/s1. The number of aromatic amines is 1. The fraction of sp³-hybridized carbons (Fsp3) is 0.367. The van der Waals surface area contributed by atoms with Gasteiger partial charge in [0, 0.05) is 56.7 Å². The molecule has 0 bridgehead atoms. The van der Waals surface area contributed by atoms with E-state index in [1.807, 2.05) is 36.4 Å². The number of rotatable bonds is 7. The number of ether oxygens (including phenoxy) is 1. The fourth-order valence-corrected chi connectivity index (χ4v) is 5.60. The van der Waals surface area contributed by atoms with Gasteiger partial charge in [0.05, 0.1) is 18.6 Å². The minimum absolute atomic E-state index is 0.00120. The lowest BCUT2D eigenvalue weighted by Crippen LogP contribution is -2.46. The van der Waals surface area contributed by atoms with Gasteiger partial charge in [-0.05, 0) is 60.8 Å². The number of nitrogens with one attached hydrogen (secondary N) is 3. The zero-order chi connectivity index (χ0) is 28.2. The highest BCUT2D eigenvalue weighted by atomic mass is 16.5. The fourth-order valence-electron chi connectivity index (χ4n) is 5.60. The molecular formula is C30H34N8O3. The number of carbonyl (C=O) groups excluding carboxylic acids is 2. The number of hydrogen-bond acceptors (Lipinski definition) is 8. The first-order chi connectivity index (χ1) is 20.0. The minimum Gasteiger partial charge on any atom is -0.378 e. The maximum absolute atomic E-state index is 13.0. The Hall–Kier alpha value is -4.35. The van der Waals surface area contributed by atoms with Crippen LogP contribution >= 0.6 is 0 Å². The molecule has 3 aromatic heterocycles. The number of carbonyl (C=O) groups is 2. The topological polar surface area (TPSA) is 128 Å². The lowest BCUT2D eigenvalue weighted by atomic mass is 10.0. The number of likely N-dealkylation sites (tertiary alicyclic amines) is 1. The van der Waals surface area contributed by atoms with Crippen molar-refractivity contribution in [2.45, 2.75) is 32.4 Å². The lowest BCUT2D eigenvalue weighted by molar-refractivity contribution is -0.120. The number of hydrogen-bond donors (Lipinski definition) is 3. The third kappa shape index (κ3) is 6.36. The van der Waals surface area contributed by atoms with E-state index in [-0.39, 0.29) is 17.9 Å². The summed E-state index contributed by atoms with van der Waals surface area (Å²) >= 11 is 0. The number of morpholine rings is 1. The highest BCUT2D eigenvalue weighted by molar-refractivity contribution is 6.03. The molecule has 2 saturated heterocycles. The molecule has 2 aliphatic heterocycles. The Bertz CT molecular complexity index is 1530. The summed E-state index contributed by atoms with van der Waals surface area (Å²) in [4.78, 5) is 45.7. The van der Waals surface area contributed by atoms with Crippen molar-refractivity contribution in [3.8, 4) is 11.3 Å². The molecule has 0 aliphatic carbocycles. The van der Waals surface area contributed by atoms with Gasteiger partial charge < -0.3 is 25.3 Å². The number of amides is 2. The second-order valence-corrected chi connectivity index (χ2v) is 10.6. The molecule has 0 radical (unpaired) electrons. The second kappa shape index (κ2) is 12.0. The molecule has 6 rings (SSSR count). The third-order valence-corrected chi connectivity index (χ3v) is 7.55. The van der Waals surface area contributed by atoms with Gasteiger partial charge >= 0.3 is 0 Å². The van der Waals surface area contributed by atoms with E-state index in [1.54, 1.807) is 19.4 Å². The van der Waals surface area contributed by atoms with Gasteiger partial charge in [0.1, 0.15) is 23.5 Å². The minimum atomic E-state index is -0.259. The number of aromatic nitrogens is 4. The van der Waals surface area contributed by atoms with E-state index >= 15 is 0 Å². The van der Waals surface area contributed by atoms with Crippen LogP contribution in [0.2, 0.25) is 0 Å². The molecule has 0 saturated carbocycles. The van der Waals surface area contributed by atoms with Gasteiger partial charge in [-0.3, -0.25) is 19.5 Å². The summed E-state index contributed by atoms with van der Waals surface area (Å²) < 4.78 is 5.49. The molecule has 2 fully saturated rings. The molecule has 1 atom stereocenters. The van der Waals surface area contributed by atoms with Gasteiger partial charge in [0.2, 0.25) is 5.91 Å². The number of piperidine rings is 1. The number of fused-ring (bicyclic) bond motifs is 1. The summed E-state index contributed by atoms with van der Waals surface area (Å²) in [5.41, 5.74) is 4.77. The van der Waals surface area contributed by atoms with E-state index in [9.17, 15) is 9.59 Å². The van der Waals surface area contributed by atoms with Gasteiger partial charge in [-0.15, -0.1) is 0 Å². The molecule has 3 N–H and O–H groups in total. The molecule has 41 heavy (non-hydrogen) atoms. The first-order valence-electron chi connectivity index (χ1n) is 14.0. The molecule has 2 amide bonds. The van der Waals surface area contributed by atoms with E-state index < -0.39 is 0 Å². The van der Waals surface area contributed by atoms with Crippen LogP contribution in [-0.4, -0.2) is 82.1 Å². The quantitative estimate of drug-likeness (QED) is 0.318. The van der Waals surface area contributed by atoms with Crippen molar-refractivity contribution in [1.82, 2.24) is 30.2 Å². The van der Waals surface area contributed by atoms with Crippen LogP contribution in [0.4, 0.5) is 11.5 Å². The van der Waals surface area contributed by atoms with Gasteiger partial charge in [0.25, 0.3) is 5.91 Å². The molecule has 11 nitrogen and oxygen atoms in total. The average molecular weight is 555 g/mol. The van der Waals surface area contributed by atoms with E-state index in [4.69, 9.17) is 4.74 Å². The second-order valence-electron chi connectivity index (χ2n) is 10.6.